The Kier molecular flexibility index (Phi) is 4.39. The fourth-order valence-electron chi connectivity index (χ4n) is 3.10. The molecule has 12 heteroatoms. The summed E-state index contributed by atoms with van der Waals surface area (Å²) in [6.45, 7) is -0.490. The maximum atomic E-state index is 12.4. The lowest BCUT2D eigenvalue weighted by Crippen LogP contribution is -2.37. The maximum Gasteiger partial charge on any atom is 0.357 e. The molecule has 6 N–H and O–H groups in total. The standard InChI is InChI=1S/C16H15N5O7/c22-4-8-10(23)11(24)15(28-8)20-12-9-13(18-5-17-12)21-3-6(16(26)27)1-2-7(21)14(25)19-9/h1-3,5,8,10-11,15,22-24H,4H2,(H2,25,26,27)/p+1. The number of hydrogen-bond acceptors (Lipinski definition) is 9. The van der Waals surface area contributed by atoms with Crippen molar-refractivity contribution in [3.05, 3.63) is 40.6 Å². The van der Waals surface area contributed by atoms with Crippen molar-refractivity contribution in [2.45, 2.75) is 24.5 Å². The molecule has 0 radical (unpaired) electrons. The predicted molar refractivity (Wildman–Crippen MR) is 91.7 cm³/mol. The van der Waals surface area contributed by atoms with Crippen LogP contribution in [0.1, 0.15) is 10.4 Å². The zero-order valence-corrected chi connectivity index (χ0v) is 14.2. The number of aromatic carboxylic acids is 1. The van der Waals surface area contributed by atoms with E-state index in [-0.39, 0.29) is 28.1 Å². The predicted octanol–water partition coefficient (Wildman–Crippen LogP) is -2.39. The molecule has 3 aromatic heterocycles. The van der Waals surface area contributed by atoms with Crippen molar-refractivity contribution in [1.82, 2.24) is 15.0 Å². The molecule has 1 aliphatic rings. The van der Waals surface area contributed by atoms with Crippen LogP contribution < -0.4 is 15.3 Å². The van der Waals surface area contributed by atoms with Crippen LogP contribution in [0.4, 0.5) is 5.82 Å². The quantitative estimate of drug-likeness (QED) is 0.208. The van der Waals surface area contributed by atoms with Gasteiger partial charge in [-0.1, -0.05) is 0 Å². The molecular weight excluding hydrogens is 374 g/mol. The Balaban J connectivity index is 1.83. The second kappa shape index (κ2) is 6.76. The van der Waals surface area contributed by atoms with Crippen molar-refractivity contribution in [2.24, 2.45) is 0 Å². The lowest BCUT2D eigenvalue weighted by molar-refractivity contribution is -0.485. The SMILES string of the molecule is O=C(O)c1ccc2c(=O)[nH]c3c(NC4OC(CO)C(O)C4O)ncnc3[n+]2c1. The number of pyridine rings is 1. The van der Waals surface area contributed by atoms with Crippen molar-refractivity contribution < 1.29 is 34.4 Å². The number of nitrogens with one attached hydrogen (secondary N) is 2. The highest BCUT2D eigenvalue weighted by Crippen LogP contribution is 2.24. The number of aromatic nitrogens is 4. The van der Waals surface area contributed by atoms with Gasteiger partial charge in [-0.3, -0.25) is 4.79 Å². The number of aliphatic hydroxyl groups is 3. The summed E-state index contributed by atoms with van der Waals surface area (Å²) in [4.78, 5) is 34.4. The Morgan fingerprint density at radius 1 is 1.29 bits per heavy atom. The summed E-state index contributed by atoms with van der Waals surface area (Å²) in [7, 11) is 0. The number of aromatic amines is 1. The van der Waals surface area contributed by atoms with Gasteiger partial charge in [0.25, 0.3) is 5.56 Å². The van der Waals surface area contributed by atoms with Crippen molar-refractivity contribution >= 4 is 28.5 Å². The molecule has 12 nitrogen and oxygen atoms in total. The summed E-state index contributed by atoms with van der Waals surface area (Å²) in [5, 5.41) is 41.1. The molecular formula is C16H16N5O7+. The van der Waals surface area contributed by atoms with E-state index >= 15 is 0 Å². The molecule has 4 unspecified atom stereocenters. The molecule has 1 aliphatic heterocycles. The molecule has 0 aliphatic carbocycles. The van der Waals surface area contributed by atoms with E-state index in [1.54, 1.807) is 0 Å². The molecule has 0 bridgehead atoms. The average molecular weight is 390 g/mol. The van der Waals surface area contributed by atoms with Gasteiger partial charge in [0.1, 0.15) is 24.5 Å². The third kappa shape index (κ3) is 2.84. The second-order valence-electron chi connectivity index (χ2n) is 6.26. The Morgan fingerprint density at radius 3 is 2.75 bits per heavy atom. The van der Waals surface area contributed by atoms with E-state index in [4.69, 9.17) is 4.74 Å². The highest BCUT2D eigenvalue weighted by Gasteiger charge is 2.42. The molecule has 1 fully saturated rings. The van der Waals surface area contributed by atoms with Crippen LogP contribution in [0.25, 0.3) is 16.7 Å². The number of rotatable bonds is 4. The van der Waals surface area contributed by atoms with E-state index in [2.05, 4.69) is 20.3 Å². The summed E-state index contributed by atoms with van der Waals surface area (Å²) >= 11 is 0. The van der Waals surface area contributed by atoms with E-state index in [9.17, 15) is 30.0 Å². The molecule has 146 valence electrons. The lowest BCUT2D eigenvalue weighted by Gasteiger charge is -2.16. The fourth-order valence-corrected chi connectivity index (χ4v) is 3.10. The molecule has 28 heavy (non-hydrogen) atoms. The van der Waals surface area contributed by atoms with E-state index in [0.29, 0.717) is 0 Å². The first-order valence-corrected chi connectivity index (χ1v) is 8.25. The van der Waals surface area contributed by atoms with E-state index < -0.39 is 42.7 Å². The third-order valence-electron chi connectivity index (χ3n) is 4.54. The summed E-state index contributed by atoms with van der Waals surface area (Å²) in [5.74, 6) is -1.08. The molecule has 0 aromatic carbocycles. The molecule has 0 spiro atoms. The second-order valence-corrected chi connectivity index (χ2v) is 6.26. The first-order chi connectivity index (χ1) is 13.4. The van der Waals surface area contributed by atoms with E-state index in [0.717, 1.165) is 0 Å². The van der Waals surface area contributed by atoms with E-state index in [1.807, 2.05) is 0 Å². The van der Waals surface area contributed by atoms with Crippen LogP contribution in [0, 0.1) is 0 Å². The summed E-state index contributed by atoms with van der Waals surface area (Å²) in [6, 6.07) is 2.67. The first-order valence-electron chi connectivity index (χ1n) is 8.25. The van der Waals surface area contributed by atoms with Gasteiger partial charge in [0, 0.05) is 0 Å². The van der Waals surface area contributed by atoms with E-state index in [1.165, 1.54) is 29.1 Å². The van der Waals surface area contributed by atoms with Crippen molar-refractivity contribution in [1.29, 1.82) is 0 Å². The number of carbonyl (C=O) groups is 1. The monoisotopic (exact) mass is 390 g/mol. The Bertz CT molecular complexity index is 1130. The summed E-state index contributed by atoms with van der Waals surface area (Å²) in [5.41, 5.74) is -0.0216. The first kappa shape index (κ1) is 18.2. The molecule has 0 amide bonds. The zero-order chi connectivity index (χ0) is 20.0. The molecule has 1 saturated heterocycles. The maximum absolute atomic E-state index is 12.4. The average Bonchev–Trinajstić information content (AvgIpc) is 2.96. The van der Waals surface area contributed by atoms with Crippen LogP contribution in [0.5, 0.6) is 0 Å². The van der Waals surface area contributed by atoms with Gasteiger partial charge >= 0.3 is 11.6 Å². The summed E-state index contributed by atoms with van der Waals surface area (Å²) < 4.78 is 6.68. The van der Waals surface area contributed by atoms with Gasteiger partial charge in [0.2, 0.25) is 6.33 Å². The minimum atomic E-state index is -1.35. The Morgan fingerprint density at radius 2 is 2.07 bits per heavy atom. The number of hydrogen-bond donors (Lipinski definition) is 6. The van der Waals surface area contributed by atoms with Gasteiger partial charge in [0.05, 0.1) is 12.2 Å². The molecule has 4 atom stereocenters. The van der Waals surface area contributed by atoms with Crippen LogP contribution in [-0.2, 0) is 4.74 Å². The molecule has 3 aromatic rings. The highest BCUT2D eigenvalue weighted by atomic mass is 16.6. The number of H-pyrrole nitrogens is 1. The van der Waals surface area contributed by atoms with Crippen molar-refractivity contribution in [2.75, 3.05) is 11.9 Å². The summed E-state index contributed by atoms with van der Waals surface area (Å²) in [6.07, 6.45) is -2.28. The molecule has 0 saturated carbocycles. The zero-order valence-electron chi connectivity index (χ0n) is 14.2. The highest BCUT2D eigenvalue weighted by molar-refractivity contribution is 5.87. The number of fused-ring (bicyclic) bond motifs is 3. The Labute approximate surface area is 155 Å². The van der Waals surface area contributed by atoms with Crippen LogP contribution >= 0.6 is 0 Å². The fraction of sp³-hybridized carbons (Fsp3) is 0.312. The number of carboxylic acid groups (broad SMARTS) is 1. The van der Waals surface area contributed by atoms with Crippen molar-refractivity contribution in [3.8, 4) is 0 Å². The van der Waals surface area contributed by atoms with Gasteiger partial charge in [0.15, 0.2) is 23.1 Å². The largest absolute Gasteiger partial charge is 0.478 e. The number of aliphatic hydroxyl groups excluding tert-OH is 3. The molecule has 4 heterocycles. The number of carboxylic acids is 1. The molecule has 4 rings (SSSR count). The van der Waals surface area contributed by atoms with Crippen LogP contribution in [0.15, 0.2) is 29.5 Å². The number of ether oxygens (including phenoxy) is 1. The number of anilines is 1. The third-order valence-corrected chi connectivity index (χ3v) is 4.54. The van der Waals surface area contributed by atoms with Gasteiger partial charge < -0.3 is 35.5 Å². The van der Waals surface area contributed by atoms with Crippen LogP contribution in [0.2, 0.25) is 0 Å². The Hall–Kier alpha value is -3.19. The van der Waals surface area contributed by atoms with Crippen LogP contribution in [-0.4, -0.2) is 72.5 Å². The normalized spacial score (nSPS) is 24.7. The van der Waals surface area contributed by atoms with Gasteiger partial charge in [-0.15, -0.1) is 0 Å². The minimum absolute atomic E-state index is 0.0408. The topological polar surface area (TPSA) is 182 Å². The smallest absolute Gasteiger partial charge is 0.357 e. The van der Waals surface area contributed by atoms with Gasteiger partial charge in [-0.2, -0.15) is 9.38 Å². The van der Waals surface area contributed by atoms with Crippen LogP contribution in [0.3, 0.4) is 0 Å². The van der Waals surface area contributed by atoms with Gasteiger partial charge in [-0.25, -0.2) is 4.79 Å². The van der Waals surface area contributed by atoms with Crippen molar-refractivity contribution in [3.63, 3.8) is 0 Å². The van der Waals surface area contributed by atoms with Gasteiger partial charge in [-0.05, 0) is 17.1 Å². The minimum Gasteiger partial charge on any atom is -0.478 e. The number of nitrogens with zero attached hydrogens (tertiary/aromatic N) is 3. The lowest BCUT2D eigenvalue weighted by atomic mass is 10.1.